The third-order valence-corrected chi connectivity index (χ3v) is 3.38. The summed E-state index contributed by atoms with van der Waals surface area (Å²) >= 11 is 6.22. The van der Waals surface area contributed by atoms with Gasteiger partial charge in [-0.1, -0.05) is 17.7 Å². The molecule has 0 aliphatic rings. The zero-order chi connectivity index (χ0) is 17.7. The predicted octanol–water partition coefficient (Wildman–Crippen LogP) is 3.12. The van der Waals surface area contributed by atoms with Crippen LogP contribution >= 0.6 is 11.6 Å². The van der Waals surface area contributed by atoms with Crippen LogP contribution in [0.1, 0.15) is 15.9 Å². The lowest BCUT2D eigenvalue weighted by molar-refractivity contribution is -0.119. The van der Waals surface area contributed by atoms with E-state index in [4.69, 9.17) is 26.8 Å². The lowest BCUT2D eigenvalue weighted by atomic mass is 10.2. The molecule has 2 rings (SSSR count). The number of methoxy groups -OCH3 is 1. The first-order chi connectivity index (χ1) is 11.4. The lowest BCUT2D eigenvalue weighted by Gasteiger charge is -2.15. The average molecular weight is 349 g/mol. The number of nitrogens with two attached hydrogens (primary N) is 1. The van der Waals surface area contributed by atoms with Gasteiger partial charge in [0, 0.05) is 12.7 Å². The Morgan fingerprint density at radius 1 is 1.25 bits per heavy atom. The highest BCUT2D eigenvalue weighted by Gasteiger charge is 2.14. The summed E-state index contributed by atoms with van der Waals surface area (Å²) in [4.78, 5) is 23.1. The molecule has 0 atom stereocenters. The van der Waals surface area contributed by atoms with Gasteiger partial charge in [-0.05, 0) is 42.8 Å². The minimum Gasteiger partial charge on any atom is -0.455 e. The minimum atomic E-state index is -0.559. The van der Waals surface area contributed by atoms with Crippen LogP contribution in [0.5, 0.6) is 11.5 Å². The van der Waals surface area contributed by atoms with Gasteiger partial charge in [0.15, 0.2) is 5.75 Å². The summed E-state index contributed by atoms with van der Waals surface area (Å²) in [5.74, 6) is -0.170. The highest BCUT2D eigenvalue weighted by Crippen LogP contribution is 2.37. The van der Waals surface area contributed by atoms with E-state index in [-0.39, 0.29) is 12.5 Å². The van der Waals surface area contributed by atoms with Gasteiger partial charge in [0.05, 0.1) is 5.02 Å². The van der Waals surface area contributed by atoms with E-state index in [9.17, 15) is 9.59 Å². The second kappa shape index (κ2) is 7.81. The molecule has 2 aromatic carbocycles. The number of amides is 2. The molecular weight excluding hydrogens is 332 g/mol. The van der Waals surface area contributed by atoms with Crippen LogP contribution in [0.25, 0.3) is 0 Å². The number of halogens is 1. The molecule has 0 bridgehead atoms. The summed E-state index contributed by atoms with van der Waals surface area (Å²) in [6.45, 7) is 1.74. The van der Waals surface area contributed by atoms with E-state index < -0.39 is 5.91 Å². The van der Waals surface area contributed by atoms with Gasteiger partial charge >= 0.3 is 0 Å². The first-order valence-electron chi connectivity index (χ1n) is 7.07. The van der Waals surface area contributed by atoms with E-state index in [0.717, 1.165) is 5.56 Å². The Labute approximate surface area is 144 Å². The highest BCUT2D eigenvalue weighted by atomic mass is 35.5. The summed E-state index contributed by atoms with van der Waals surface area (Å²) in [7, 11) is 1.42. The summed E-state index contributed by atoms with van der Waals surface area (Å²) in [6, 6.07) is 9.85. The topological polar surface area (TPSA) is 90.7 Å². The molecule has 0 aliphatic carbocycles. The van der Waals surface area contributed by atoms with Gasteiger partial charge in [-0.25, -0.2) is 0 Å². The molecule has 0 saturated carbocycles. The van der Waals surface area contributed by atoms with Crippen LogP contribution in [0.2, 0.25) is 5.02 Å². The van der Waals surface area contributed by atoms with Crippen molar-refractivity contribution in [3.63, 3.8) is 0 Å². The number of aryl methyl sites for hydroxylation is 1. The van der Waals surface area contributed by atoms with Crippen LogP contribution in [-0.2, 0) is 9.53 Å². The summed E-state index contributed by atoms with van der Waals surface area (Å²) in [5, 5.41) is 2.99. The average Bonchev–Trinajstić information content (AvgIpc) is 2.51. The molecule has 6 nitrogen and oxygen atoms in total. The quantitative estimate of drug-likeness (QED) is 0.839. The van der Waals surface area contributed by atoms with E-state index in [0.29, 0.717) is 27.8 Å². The van der Waals surface area contributed by atoms with E-state index in [1.165, 1.54) is 13.2 Å². The van der Waals surface area contributed by atoms with Crippen molar-refractivity contribution in [1.29, 1.82) is 0 Å². The molecule has 7 heteroatoms. The molecule has 0 aliphatic heterocycles. The number of anilines is 1. The van der Waals surface area contributed by atoms with E-state index in [2.05, 4.69) is 5.32 Å². The molecule has 126 valence electrons. The minimum absolute atomic E-state index is 0.110. The molecule has 0 saturated heterocycles. The van der Waals surface area contributed by atoms with E-state index in [1.54, 1.807) is 30.3 Å². The molecule has 0 unspecified atom stereocenters. The monoisotopic (exact) mass is 348 g/mol. The maximum Gasteiger partial charge on any atom is 0.250 e. The Hall–Kier alpha value is -2.57. The maximum atomic E-state index is 11.8. The number of hydrogen-bond acceptors (Lipinski definition) is 4. The van der Waals surface area contributed by atoms with Crippen molar-refractivity contribution in [2.75, 3.05) is 19.0 Å². The van der Waals surface area contributed by atoms with Crippen molar-refractivity contribution in [2.45, 2.75) is 6.92 Å². The van der Waals surface area contributed by atoms with Crippen molar-refractivity contribution in [1.82, 2.24) is 0 Å². The molecule has 2 amide bonds. The Morgan fingerprint density at radius 3 is 2.67 bits per heavy atom. The van der Waals surface area contributed by atoms with Crippen LogP contribution in [-0.4, -0.2) is 25.5 Å². The summed E-state index contributed by atoms with van der Waals surface area (Å²) in [6.07, 6.45) is 0. The maximum absolute atomic E-state index is 11.8. The number of primary amides is 1. The third kappa shape index (κ3) is 4.47. The largest absolute Gasteiger partial charge is 0.455 e. The normalized spacial score (nSPS) is 10.3. The fraction of sp³-hybridized carbons (Fsp3) is 0.176. The first-order valence-corrected chi connectivity index (χ1v) is 7.45. The van der Waals surface area contributed by atoms with Crippen molar-refractivity contribution in [3.05, 3.63) is 52.5 Å². The SMILES string of the molecule is COCC(=O)Nc1c(Cl)cc(C)cc1Oc1cccc(C(N)=O)c1. The molecule has 3 N–H and O–H groups in total. The van der Waals surface area contributed by atoms with Crippen LogP contribution in [0.15, 0.2) is 36.4 Å². The Kier molecular flexibility index (Phi) is 5.78. The third-order valence-electron chi connectivity index (χ3n) is 3.08. The van der Waals surface area contributed by atoms with Crippen LogP contribution in [0.4, 0.5) is 5.69 Å². The Bertz CT molecular complexity index is 777. The standard InChI is InChI=1S/C17H17ClN2O4/c1-10-6-13(18)16(20-15(21)9-23-2)14(7-10)24-12-5-3-4-11(8-12)17(19)22/h3-8H,9H2,1-2H3,(H2,19,22)(H,20,21). The van der Waals surface area contributed by atoms with E-state index >= 15 is 0 Å². The zero-order valence-corrected chi connectivity index (χ0v) is 14.0. The van der Waals surface area contributed by atoms with Crippen molar-refractivity contribution >= 4 is 29.1 Å². The number of rotatable bonds is 6. The molecule has 24 heavy (non-hydrogen) atoms. The second-order valence-electron chi connectivity index (χ2n) is 5.10. The Balaban J connectivity index is 2.36. The number of carbonyl (C=O) groups is 2. The Morgan fingerprint density at radius 2 is 2.00 bits per heavy atom. The van der Waals surface area contributed by atoms with E-state index in [1.807, 2.05) is 6.92 Å². The first kappa shape index (κ1) is 17.8. The van der Waals surface area contributed by atoms with Gasteiger partial charge in [-0.2, -0.15) is 0 Å². The van der Waals surface area contributed by atoms with Crippen LogP contribution < -0.4 is 15.8 Å². The highest BCUT2D eigenvalue weighted by molar-refractivity contribution is 6.34. The molecule has 0 heterocycles. The van der Waals surface area contributed by atoms with Crippen LogP contribution in [0.3, 0.4) is 0 Å². The van der Waals surface area contributed by atoms with Gasteiger partial charge in [0.2, 0.25) is 11.8 Å². The van der Waals surface area contributed by atoms with Crippen LogP contribution in [0, 0.1) is 6.92 Å². The molecule has 0 spiro atoms. The van der Waals surface area contributed by atoms with Gasteiger partial charge in [0.1, 0.15) is 18.0 Å². The number of benzene rings is 2. The van der Waals surface area contributed by atoms with Gasteiger partial charge in [-0.15, -0.1) is 0 Å². The van der Waals surface area contributed by atoms with Gasteiger partial charge in [-0.3, -0.25) is 9.59 Å². The predicted molar refractivity (Wildman–Crippen MR) is 91.7 cm³/mol. The molecular formula is C17H17ClN2O4. The summed E-state index contributed by atoms with van der Waals surface area (Å²) in [5.41, 5.74) is 6.76. The van der Waals surface area contributed by atoms with Gasteiger partial charge < -0.3 is 20.5 Å². The summed E-state index contributed by atoms with van der Waals surface area (Å²) < 4.78 is 10.6. The fourth-order valence-corrected chi connectivity index (χ4v) is 2.37. The number of ether oxygens (including phenoxy) is 2. The fourth-order valence-electron chi connectivity index (χ4n) is 2.06. The second-order valence-corrected chi connectivity index (χ2v) is 5.50. The lowest BCUT2D eigenvalue weighted by Crippen LogP contribution is -2.18. The van der Waals surface area contributed by atoms with Crippen molar-refractivity contribution in [3.8, 4) is 11.5 Å². The zero-order valence-electron chi connectivity index (χ0n) is 13.3. The smallest absolute Gasteiger partial charge is 0.250 e. The molecule has 2 aromatic rings. The molecule has 0 fully saturated rings. The number of nitrogens with one attached hydrogen (secondary N) is 1. The van der Waals surface area contributed by atoms with Gasteiger partial charge in [0.25, 0.3) is 0 Å². The number of carbonyl (C=O) groups excluding carboxylic acids is 2. The number of hydrogen-bond donors (Lipinski definition) is 2. The van der Waals surface area contributed by atoms with Crippen molar-refractivity contribution in [2.24, 2.45) is 5.73 Å². The molecule has 0 radical (unpaired) electrons. The van der Waals surface area contributed by atoms with Crippen molar-refractivity contribution < 1.29 is 19.1 Å². The molecule has 0 aromatic heterocycles.